The summed E-state index contributed by atoms with van der Waals surface area (Å²) in [6.07, 6.45) is 1.56. The van der Waals surface area contributed by atoms with Crippen molar-refractivity contribution in [1.82, 2.24) is 24.6 Å². The van der Waals surface area contributed by atoms with Gasteiger partial charge in [-0.25, -0.2) is 13.1 Å². The van der Waals surface area contributed by atoms with Gasteiger partial charge < -0.3 is 5.32 Å². The first kappa shape index (κ1) is 17.8. The SMILES string of the molecule is O=C(NCc1ccccc1)c1cn(C2CN(S(=O)(=O)c3cccs3)C2)nn1. The van der Waals surface area contributed by atoms with E-state index in [2.05, 4.69) is 15.6 Å². The predicted molar refractivity (Wildman–Crippen MR) is 99.7 cm³/mol. The van der Waals surface area contributed by atoms with Gasteiger partial charge in [-0.15, -0.1) is 16.4 Å². The zero-order valence-electron chi connectivity index (χ0n) is 14.2. The lowest BCUT2D eigenvalue weighted by Crippen LogP contribution is -2.50. The van der Waals surface area contributed by atoms with Gasteiger partial charge in [-0.2, -0.15) is 4.31 Å². The lowest BCUT2D eigenvalue weighted by molar-refractivity contribution is 0.0945. The Labute approximate surface area is 160 Å². The van der Waals surface area contributed by atoms with Crippen molar-refractivity contribution < 1.29 is 13.2 Å². The molecule has 27 heavy (non-hydrogen) atoms. The van der Waals surface area contributed by atoms with Crippen LogP contribution in [-0.2, 0) is 16.6 Å². The third kappa shape index (κ3) is 3.64. The molecule has 2 aromatic heterocycles. The van der Waals surface area contributed by atoms with Gasteiger partial charge >= 0.3 is 0 Å². The summed E-state index contributed by atoms with van der Waals surface area (Å²) in [5.74, 6) is -0.313. The van der Waals surface area contributed by atoms with Gasteiger partial charge in [0, 0.05) is 19.6 Å². The van der Waals surface area contributed by atoms with Crippen molar-refractivity contribution >= 4 is 27.3 Å². The third-order valence-corrected chi connectivity index (χ3v) is 7.54. The van der Waals surface area contributed by atoms with Crippen LogP contribution in [0.25, 0.3) is 0 Å². The van der Waals surface area contributed by atoms with Crippen LogP contribution in [0, 0.1) is 0 Å². The third-order valence-electron chi connectivity index (χ3n) is 4.33. The number of rotatable bonds is 6. The molecule has 0 radical (unpaired) electrons. The van der Waals surface area contributed by atoms with Crippen LogP contribution in [0.2, 0.25) is 0 Å². The number of carbonyl (C=O) groups is 1. The predicted octanol–water partition coefficient (Wildman–Crippen LogP) is 1.52. The highest BCUT2D eigenvalue weighted by atomic mass is 32.2. The van der Waals surface area contributed by atoms with Gasteiger partial charge in [0.2, 0.25) is 0 Å². The molecule has 1 aliphatic heterocycles. The number of carbonyl (C=O) groups excluding carboxylic acids is 1. The lowest BCUT2D eigenvalue weighted by atomic mass is 10.2. The van der Waals surface area contributed by atoms with E-state index in [0.29, 0.717) is 23.8 Å². The molecule has 0 aliphatic carbocycles. The van der Waals surface area contributed by atoms with E-state index in [1.807, 2.05) is 30.3 Å². The molecule has 0 saturated carbocycles. The number of hydrogen-bond acceptors (Lipinski definition) is 6. The first-order valence-electron chi connectivity index (χ1n) is 8.31. The van der Waals surface area contributed by atoms with Crippen molar-refractivity contribution in [1.29, 1.82) is 0 Å². The lowest BCUT2D eigenvalue weighted by Gasteiger charge is -2.37. The van der Waals surface area contributed by atoms with Crippen molar-refractivity contribution in [2.24, 2.45) is 0 Å². The molecule has 1 aliphatic rings. The molecule has 0 spiro atoms. The molecule has 1 fully saturated rings. The Hall–Kier alpha value is -2.56. The number of thiophene rings is 1. The number of aromatic nitrogens is 3. The number of sulfonamides is 1. The van der Waals surface area contributed by atoms with Crippen LogP contribution in [0.15, 0.2) is 58.3 Å². The Morgan fingerprint density at radius 1 is 1.19 bits per heavy atom. The highest BCUT2D eigenvalue weighted by Gasteiger charge is 2.39. The number of hydrogen-bond donors (Lipinski definition) is 1. The van der Waals surface area contributed by atoms with E-state index >= 15 is 0 Å². The Kier molecular flexibility index (Phi) is 4.77. The fourth-order valence-corrected chi connectivity index (χ4v) is 5.41. The molecule has 1 amide bonds. The molecule has 140 valence electrons. The van der Waals surface area contributed by atoms with Crippen LogP contribution in [-0.4, -0.2) is 46.7 Å². The summed E-state index contributed by atoms with van der Waals surface area (Å²) in [6, 6.07) is 12.8. The second kappa shape index (κ2) is 7.22. The Bertz CT molecular complexity index is 1030. The highest BCUT2D eigenvalue weighted by molar-refractivity contribution is 7.91. The number of nitrogens with one attached hydrogen (secondary N) is 1. The molecule has 3 aromatic rings. The van der Waals surface area contributed by atoms with Crippen LogP contribution in [0.1, 0.15) is 22.1 Å². The van der Waals surface area contributed by atoms with Crippen molar-refractivity contribution in [3.05, 3.63) is 65.3 Å². The summed E-state index contributed by atoms with van der Waals surface area (Å²) < 4.78 is 28.1. The second-order valence-electron chi connectivity index (χ2n) is 6.16. The Balaban J connectivity index is 1.34. The molecule has 10 heteroatoms. The van der Waals surface area contributed by atoms with E-state index in [4.69, 9.17) is 0 Å². The van der Waals surface area contributed by atoms with Crippen LogP contribution < -0.4 is 5.32 Å². The van der Waals surface area contributed by atoms with E-state index in [9.17, 15) is 13.2 Å². The fraction of sp³-hybridized carbons (Fsp3) is 0.235. The van der Waals surface area contributed by atoms with Crippen molar-refractivity contribution in [2.75, 3.05) is 13.1 Å². The molecule has 8 nitrogen and oxygen atoms in total. The molecule has 1 aromatic carbocycles. The summed E-state index contributed by atoms with van der Waals surface area (Å²) in [4.78, 5) is 12.2. The van der Waals surface area contributed by atoms with Gasteiger partial charge in [0.05, 0.1) is 12.2 Å². The molecule has 0 atom stereocenters. The fourth-order valence-electron chi connectivity index (χ4n) is 2.75. The molecule has 0 unspecified atom stereocenters. The normalized spacial score (nSPS) is 15.4. The molecular weight excluding hydrogens is 386 g/mol. The summed E-state index contributed by atoms with van der Waals surface area (Å²) >= 11 is 1.20. The summed E-state index contributed by atoms with van der Waals surface area (Å²) in [7, 11) is -3.44. The molecule has 1 saturated heterocycles. The van der Waals surface area contributed by atoms with Gasteiger partial charge in [-0.1, -0.05) is 41.6 Å². The number of benzene rings is 1. The molecule has 1 N–H and O–H groups in total. The average Bonchev–Trinajstić information content (AvgIpc) is 3.31. The van der Waals surface area contributed by atoms with Gasteiger partial charge in [0.15, 0.2) is 5.69 Å². The molecule has 4 rings (SSSR count). The van der Waals surface area contributed by atoms with E-state index in [-0.39, 0.29) is 17.6 Å². The molecule has 0 bridgehead atoms. The average molecular weight is 403 g/mol. The maximum Gasteiger partial charge on any atom is 0.273 e. The monoisotopic (exact) mass is 403 g/mol. The summed E-state index contributed by atoms with van der Waals surface area (Å²) in [5.41, 5.74) is 1.21. The minimum atomic E-state index is -3.44. The van der Waals surface area contributed by atoms with E-state index in [0.717, 1.165) is 5.56 Å². The Morgan fingerprint density at radius 2 is 1.96 bits per heavy atom. The topological polar surface area (TPSA) is 97.2 Å². The Morgan fingerprint density at radius 3 is 2.67 bits per heavy atom. The quantitative estimate of drug-likeness (QED) is 0.673. The van der Waals surface area contributed by atoms with Crippen molar-refractivity contribution in [2.45, 2.75) is 16.8 Å². The minimum Gasteiger partial charge on any atom is -0.347 e. The van der Waals surface area contributed by atoms with Gasteiger partial charge in [-0.05, 0) is 17.0 Å². The zero-order chi connectivity index (χ0) is 18.9. The molecule has 3 heterocycles. The van der Waals surface area contributed by atoms with Gasteiger partial charge in [0.25, 0.3) is 15.9 Å². The van der Waals surface area contributed by atoms with Crippen molar-refractivity contribution in [3.8, 4) is 0 Å². The largest absolute Gasteiger partial charge is 0.347 e. The van der Waals surface area contributed by atoms with Crippen LogP contribution in [0.3, 0.4) is 0 Å². The first-order valence-corrected chi connectivity index (χ1v) is 10.6. The smallest absolute Gasteiger partial charge is 0.273 e. The summed E-state index contributed by atoms with van der Waals surface area (Å²) in [5, 5.41) is 12.4. The van der Waals surface area contributed by atoms with Crippen LogP contribution in [0.5, 0.6) is 0 Å². The maximum atomic E-state index is 12.4. The highest BCUT2D eigenvalue weighted by Crippen LogP contribution is 2.29. The molecular formula is C17H17N5O3S2. The summed E-state index contributed by atoms with van der Waals surface area (Å²) in [6.45, 7) is 1.03. The number of amides is 1. The van der Waals surface area contributed by atoms with E-state index in [1.54, 1.807) is 28.4 Å². The van der Waals surface area contributed by atoms with Crippen LogP contribution in [0.4, 0.5) is 0 Å². The second-order valence-corrected chi connectivity index (χ2v) is 9.27. The van der Waals surface area contributed by atoms with Crippen molar-refractivity contribution in [3.63, 3.8) is 0 Å². The van der Waals surface area contributed by atoms with Gasteiger partial charge in [-0.3, -0.25) is 4.79 Å². The maximum absolute atomic E-state index is 12.4. The van der Waals surface area contributed by atoms with Crippen LogP contribution >= 0.6 is 11.3 Å². The zero-order valence-corrected chi connectivity index (χ0v) is 15.9. The van der Waals surface area contributed by atoms with Gasteiger partial charge in [0.1, 0.15) is 4.21 Å². The first-order chi connectivity index (χ1) is 13.0. The van der Waals surface area contributed by atoms with E-state index < -0.39 is 10.0 Å². The van der Waals surface area contributed by atoms with E-state index in [1.165, 1.54) is 15.6 Å². The number of nitrogens with zero attached hydrogens (tertiary/aromatic N) is 4. The minimum absolute atomic E-state index is 0.122. The standard InChI is InChI=1S/C17H17N5O3S2/c23-17(18-9-13-5-2-1-3-6-13)15-12-22(20-19-15)14-10-21(11-14)27(24,25)16-7-4-8-26-16/h1-8,12,14H,9-11H2,(H,18,23).